The van der Waals surface area contributed by atoms with E-state index in [1.807, 2.05) is 0 Å². The fourth-order valence-corrected chi connectivity index (χ4v) is 3.48. The molecule has 0 bridgehead atoms. The maximum Gasteiger partial charge on any atom is 0.311 e. The number of fused-ring (bicyclic) bond motifs is 1. The number of nitrogens with zero attached hydrogens (tertiary/aromatic N) is 3. The minimum absolute atomic E-state index is 0.0951. The van der Waals surface area contributed by atoms with Crippen molar-refractivity contribution in [2.24, 2.45) is 18.4 Å². The molecule has 1 aliphatic heterocycles. The fraction of sp³-hybridized carbons (Fsp3) is 0.615. The predicted octanol–water partition coefficient (Wildman–Crippen LogP) is 0.747. The highest BCUT2D eigenvalue weighted by molar-refractivity contribution is 5.93. The molecule has 1 aromatic heterocycles. The van der Waals surface area contributed by atoms with Gasteiger partial charge in [-0.05, 0) is 18.8 Å². The molecule has 1 amide bonds. The van der Waals surface area contributed by atoms with Crippen molar-refractivity contribution in [3.63, 3.8) is 0 Å². The Labute approximate surface area is 111 Å². The average molecular weight is 263 g/mol. The molecule has 1 aliphatic carbocycles. The summed E-state index contributed by atoms with van der Waals surface area (Å²) in [5, 5.41) is 9.49. The van der Waals surface area contributed by atoms with Crippen molar-refractivity contribution < 1.29 is 14.7 Å². The van der Waals surface area contributed by atoms with Crippen molar-refractivity contribution in [2.75, 3.05) is 13.1 Å². The van der Waals surface area contributed by atoms with Crippen LogP contribution in [0.2, 0.25) is 0 Å². The largest absolute Gasteiger partial charge is 0.481 e. The Balaban J connectivity index is 1.82. The third kappa shape index (κ3) is 1.74. The fourth-order valence-electron chi connectivity index (χ4n) is 3.48. The number of imidazole rings is 1. The average Bonchev–Trinajstić information content (AvgIpc) is 3.00. The molecule has 6 nitrogen and oxygen atoms in total. The van der Waals surface area contributed by atoms with Crippen LogP contribution in [0.3, 0.4) is 0 Å². The van der Waals surface area contributed by atoms with Gasteiger partial charge in [-0.25, -0.2) is 4.98 Å². The molecular formula is C13H17N3O3. The van der Waals surface area contributed by atoms with Gasteiger partial charge in [-0.15, -0.1) is 0 Å². The summed E-state index contributed by atoms with van der Waals surface area (Å²) < 4.78 is 1.72. The van der Waals surface area contributed by atoms with Crippen LogP contribution in [0.25, 0.3) is 0 Å². The second kappa shape index (κ2) is 4.08. The van der Waals surface area contributed by atoms with E-state index in [0.717, 1.165) is 12.8 Å². The van der Waals surface area contributed by atoms with Crippen molar-refractivity contribution in [1.82, 2.24) is 14.5 Å². The van der Waals surface area contributed by atoms with Crippen LogP contribution >= 0.6 is 0 Å². The van der Waals surface area contributed by atoms with Gasteiger partial charge in [0.25, 0.3) is 5.91 Å². The summed E-state index contributed by atoms with van der Waals surface area (Å²) >= 11 is 0. The number of hydrogen-bond donors (Lipinski definition) is 1. The Morgan fingerprint density at radius 3 is 2.89 bits per heavy atom. The first-order valence-electron chi connectivity index (χ1n) is 6.53. The van der Waals surface area contributed by atoms with E-state index in [-0.39, 0.29) is 11.8 Å². The normalized spacial score (nSPS) is 29.5. The van der Waals surface area contributed by atoms with Crippen LogP contribution in [-0.4, -0.2) is 44.5 Å². The molecule has 19 heavy (non-hydrogen) atoms. The van der Waals surface area contributed by atoms with E-state index >= 15 is 0 Å². The van der Waals surface area contributed by atoms with Crippen LogP contribution in [0.4, 0.5) is 0 Å². The van der Waals surface area contributed by atoms with Crippen molar-refractivity contribution >= 4 is 11.9 Å². The van der Waals surface area contributed by atoms with Crippen LogP contribution in [0.5, 0.6) is 0 Å². The van der Waals surface area contributed by atoms with E-state index in [0.29, 0.717) is 25.2 Å². The zero-order valence-corrected chi connectivity index (χ0v) is 10.9. The lowest BCUT2D eigenvalue weighted by atomic mass is 9.81. The molecule has 1 N–H and O–H groups in total. The van der Waals surface area contributed by atoms with Gasteiger partial charge >= 0.3 is 5.97 Å². The van der Waals surface area contributed by atoms with Gasteiger partial charge < -0.3 is 14.6 Å². The molecule has 6 heteroatoms. The van der Waals surface area contributed by atoms with E-state index in [9.17, 15) is 14.7 Å². The molecule has 2 aliphatic rings. The molecule has 0 radical (unpaired) electrons. The maximum atomic E-state index is 12.3. The molecule has 1 saturated carbocycles. The quantitative estimate of drug-likeness (QED) is 0.854. The molecule has 2 fully saturated rings. The highest BCUT2D eigenvalue weighted by Crippen LogP contribution is 2.49. The van der Waals surface area contributed by atoms with Crippen molar-refractivity contribution in [2.45, 2.75) is 19.3 Å². The molecule has 102 valence electrons. The van der Waals surface area contributed by atoms with Gasteiger partial charge in [0.2, 0.25) is 0 Å². The third-order valence-corrected chi connectivity index (χ3v) is 4.51. The number of carbonyl (C=O) groups excluding carboxylic acids is 1. The summed E-state index contributed by atoms with van der Waals surface area (Å²) in [5.41, 5.74) is -0.326. The van der Waals surface area contributed by atoms with Gasteiger partial charge in [0.05, 0.1) is 11.7 Å². The van der Waals surface area contributed by atoms with Gasteiger partial charge in [-0.1, -0.05) is 6.42 Å². The van der Waals surface area contributed by atoms with Crippen molar-refractivity contribution in [1.29, 1.82) is 0 Å². The molecule has 1 aromatic rings. The van der Waals surface area contributed by atoms with Crippen LogP contribution in [-0.2, 0) is 11.8 Å². The summed E-state index contributed by atoms with van der Waals surface area (Å²) in [6, 6.07) is 0. The minimum atomic E-state index is -0.758. The van der Waals surface area contributed by atoms with Crippen molar-refractivity contribution in [3.8, 4) is 0 Å². The second-order valence-electron chi connectivity index (χ2n) is 5.66. The number of rotatable bonds is 2. The summed E-state index contributed by atoms with van der Waals surface area (Å²) in [7, 11) is 1.81. The first-order valence-corrected chi connectivity index (χ1v) is 6.53. The summed E-state index contributed by atoms with van der Waals surface area (Å²) in [4.78, 5) is 29.6. The van der Waals surface area contributed by atoms with Crippen molar-refractivity contribution in [3.05, 3.63) is 18.2 Å². The first kappa shape index (κ1) is 12.2. The third-order valence-electron chi connectivity index (χ3n) is 4.51. The summed E-state index contributed by atoms with van der Waals surface area (Å²) in [6.45, 7) is 0.865. The van der Waals surface area contributed by atoms with E-state index in [4.69, 9.17) is 0 Å². The number of aryl methyl sites for hydroxylation is 1. The number of hydrogen-bond acceptors (Lipinski definition) is 3. The number of aliphatic carboxylic acids is 1. The zero-order valence-electron chi connectivity index (χ0n) is 10.9. The lowest BCUT2D eigenvalue weighted by Gasteiger charge is -2.23. The molecule has 0 aromatic carbocycles. The van der Waals surface area contributed by atoms with E-state index in [1.165, 1.54) is 0 Å². The van der Waals surface area contributed by atoms with Gasteiger partial charge in [-0.3, -0.25) is 9.59 Å². The number of aromatic nitrogens is 2. The Morgan fingerprint density at radius 2 is 2.32 bits per heavy atom. The molecule has 1 saturated heterocycles. The predicted molar refractivity (Wildman–Crippen MR) is 66.5 cm³/mol. The number of carbonyl (C=O) groups is 2. The van der Waals surface area contributed by atoms with E-state index in [1.54, 1.807) is 29.0 Å². The van der Waals surface area contributed by atoms with Crippen LogP contribution < -0.4 is 0 Å². The number of amides is 1. The lowest BCUT2D eigenvalue weighted by Crippen LogP contribution is -2.37. The molecule has 2 heterocycles. The van der Waals surface area contributed by atoms with E-state index in [2.05, 4.69) is 4.98 Å². The summed E-state index contributed by atoms with van der Waals surface area (Å²) in [6.07, 6.45) is 5.78. The Bertz CT molecular complexity index is 539. The molecule has 2 atom stereocenters. The van der Waals surface area contributed by atoms with Gasteiger partial charge in [0.15, 0.2) is 0 Å². The Morgan fingerprint density at radius 1 is 1.53 bits per heavy atom. The highest BCUT2D eigenvalue weighted by atomic mass is 16.4. The van der Waals surface area contributed by atoms with Gasteiger partial charge in [0, 0.05) is 26.3 Å². The highest BCUT2D eigenvalue weighted by Gasteiger charge is 2.55. The first-order chi connectivity index (χ1) is 9.03. The Kier molecular flexibility index (Phi) is 2.62. The van der Waals surface area contributed by atoms with Gasteiger partial charge in [-0.2, -0.15) is 0 Å². The monoisotopic (exact) mass is 263 g/mol. The molecule has 0 unspecified atom stereocenters. The molecule has 3 rings (SSSR count). The maximum absolute atomic E-state index is 12.3. The van der Waals surface area contributed by atoms with Gasteiger partial charge in [0.1, 0.15) is 5.69 Å². The van der Waals surface area contributed by atoms with Crippen LogP contribution in [0.1, 0.15) is 29.8 Å². The second-order valence-corrected chi connectivity index (χ2v) is 5.66. The summed E-state index contributed by atoms with van der Waals surface area (Å²) in [5.74, 6) is -0.820. The Hall–Kier alpha value is -1.85. The zero-order chi connectivity index (χ0) is 13.6. The molecular weight excluding hydrogens is 246 g/mol. The topological polar surface area (TPSA) is 75.4 Å². The number of carboxylic acid groups (broad SMARTS) is 1. The lowest BCUT2D eigenvalue weighted by molar-refractivity contribution is -0.149. The van der Waals surface area contributed by atoms with Crippen LogP contribution in [0, 0.1) is 11.3 Å². The number of likely N-dealkylation sites (tertiary alicyclic amines) is 1. The smallest absolute Gasteiger partial charge is 0.311 e. The molecule has 0 spiro atoms. The SMILES string of the molecule is Cn1cnc(C(=O)N2C[C@@H]3CCC[C@@]3(C(=O)O)C2)c1. The number of carboxylic acids is 1. The minimum Gasteiger partial charge on any atom is -0.481 e. The van der Waals surface area contributed by atoms with E-state index < -0.39 is 11.4 Å². The standard InChI is InChI=1S/C13H17N3O3/c1-15-6-10(14-8-15)11(17)16-5-9-3-2-4-13(9,7-16)12(18)19/h6,8-9H,2-5,7H2,1H3,(H,18,19)/t9-,13+/m0/s1. The van der Waals surface area contributed by atoms with Crippen LogP contribution in [0.15, 0.2) is 12.5 Å².